The highest BCUT2D eigenvalue weighted by atomic mass is 79.9. The van der Waals surface area contributed by atoms with E-state index in [0.717, 1.165) is 39.0 Å². The number of aromatic amines is 1. The van der Waals surface area contributed by atoms with Crippen LogP contribution < -0.4 is 0 Å². The maximum Gasteiger partial charge on any atom is 0.182 e. The summed E-state index contributed by atoms with van der Waals surface area (Å²) >= 11 is 6.95. The Morgan fingerprint density at radius 3 is 2.88 bits per heavy atom. The lowest BCUT2D eigenvalue weighted by molar-refractivity contribution is 0.841. The maximum absolute atomic E-state index is 4.45. The number of hydrogen-bond donors (Lipinski definition) is 1. The van der Waals surface area contributed by atoms with Crippen LogP contribution in [0.3, 0.4) is 0 Å². The molecular weight excluding hydrogens is 334 g/mol. The van der Waals surface area contributed by atoms with Gasteiger partial charge in [0.2, 0.25) is 0 Å². The van der Waals surface area contributed by atoms with Crippen molar-refractivity contribution in [3.8, 4) is 11.4 Å². The quantitative estimate of drug-likeness (QED) is 0.915. The summed E-state index contributed by atoms with van der Waals surface area (Å²) in [5.41, 5.74) is 0.993. The fourth-order valence-electron chi connectivity index (χ4n) is 1.43. The number of halogens is 2. The molecule has 0 aliphatic rings. The van der Waals surface area contributed by atoms with Crippen molar-refractivity contribution < 1.29 is 0 Å². The molecule has 1 N–H and O–H groups in total. The van der Waals surface area contributed by atoms with E-state index < -0.39 is 0 Å². The largest absolute Gasteiger partial charge is 0.263 e. The van der Waals surface area contributed by atoms with E-state index in [0.29, 0.717) is 0 Å². The van der Waals surface area contributed by atoms with Gasteiger partial charge in [-0.3, -0.25) is 5.10 Å². The molecule has 0 aliphatic heterocycles. The summed E-state index contributed by atoms with van der Waals surface area (Å²) in [5.74, 6) is 1.67. The summed E-state index contributed by atoms with van der Waals surface area (Å²) in [6, 6.07) is 5.96. The lowest BCUT2D eigenvalue weighted by atomic mass is 10.2. The molecule has 0 unspecified atom stereocenters. The summed E-state index contributed by atoms with van der Waals surface area (Å²) in [6.45, 7) is 2.12. The second-order valence-corrected chi connectivity index (χ2v) is 5.25. The molecule has 0 aliphatic carbocycles. The van der Waals surface area contributed by atoms with Gasteiger partial charge >= 0.3 is 0 Å². The number of aromatic nitrogens is 3. The van der Waals surface area contributed by atoms with Crippen LogP contribution >= 0.6 is 31.9 Å². The molecule has 1 aromatic carbocycles. The van der Waals surface area contributed by atoms with Crippen LogP contribution in [-0.2, 0) is 6.42 Å². The molecule has 0 fully saturated rings. The lowest BCUT2D eigenvalue weighted by Gasteiger charge is -1.99. The fraction of sp³-hybridized carbons (Fsp3) is 0.273. The molecule has 1 aromatic heterocycles. The van der Waals surface area contributed by atoms with Crippen molar-refractivity contribution in [2.75, 3.05) is 0 Å². The van der Waals surface area contributed by atoms with Crippen molar-refractivity contribution >= 4 is 31.9 Å². The van der Waals surface area contributed by atoms with Crippen LogP contribution in [-0.4, -0.2) is 15.2 Å². The van der Waals surface area contributed by atoms with Crippen LogP contribution in [0.5, 0.6) is 0 Å². The molecular formula is C11H11Br2N3. The minimum Gasteiger partial charge on any atom is -0.263 e. The molecule has 0 bridgehead atoms. The first-order chi connectivity index (χ1) is 7.70. The first kappa shape index (κ1) is 11.8. The zero-order valence-electron chi connectivity index (χ0n) is 8.80. The van der Waals surface area contributed by atoms with Gasteiger partial charge in [0.25, 0.3) is 0 Å². The molecule has 3 nitrogen and oxygen atoms in total. The average molecular weight is 345 g/mol. The van der Waals surface area contributed by atoms with Gasteiger partial charge in [0.05, 0.1) is 0 Å². The normalized spacial score (nSPS) is 10.7. The minimum atomic E-state index is 0.733. The third-order valence-corrected chi connectivity index (χ3v) is 3.37. The van der Waals surface area contributed by atoms with E-state index in [4.69, 9.17) is 0 Å². The van der Waals surface area contributed by atoms with E-state index in [1.807, 2.05) is 18.2 Å². The maximum atomic E-state index is 4.45. The van der Waals surface area contributed by atoms with Crippen LogP contribution in [0.15, 0.2) is 27.1 Å². The standard InChI is InChI=1S/C11H11Br2N3/c1-2-3-10-14-11(16-15-10)8-6-7(12)4-5-9(8)13/h4-6H,2-3H2,1H3,(H,14,15,16). The molecule has 1 heterocycles. The highest BCUT2D eigenvalue weighted by Gasteiger charge is 2.09. The van der Waals surface area contributed by atoms with E-state index >= 15 is 0 Å². The molecule has 2 rings (SSSR count). The van der Waals surface area contributed by atoms with Crippen LogP contribution in [0.25, 0.3) is 11.4 Å². The number of rotatable bonds is 3. The average Bonchev–Trinajstić information content (AvgIpc) is 2.71. The fourth-order valence-corrected chi connectivity index (χ4v) is 2.22. The van der Waals surface area contributed by atoms with Crippen LogP contribution in [0.4, 0.5) is 0 Å². The third-order valence-electron chi connectivity index (χ3n) is 2.19. The second kappa shape index (κ2) is 5.10. The smallest absolute Gasteiger partial charge is 0.182 e. The Hall–Kier alpha value is -0.680. The summed E-state index contributed by atoms with van der Waals surface area (Å²) < 4.78 is 2.02. The van der Waals surface area contributed by atoms with Gasteiger partial charge < -0.3 is 0 Å². The molecule has 0 saturated heterocycles. The molecule has 0 atom stereocenters. The molecule has 2 aromatic rings. The summed E-state index contributed by atoms with van der Waals surface area (Å²) in [7, 11) is 0. The SMILES string of the molecule is CCCc1nc(-c2cc(Br)ccc2Br)n[nH]1. The first-order valence-electron chi connectivity index (χ1n) is 5.07. The zero-order chi connectivity index (χ0) is 11.5. The van der Waals surface area contributed by atoms with Gasteiger partial charge in [0, 0.05) is 20.9 Å². The Morgan fingerprint density at radius 2 is 2.12 bits per heavy atom. The van der Waals surface area contributed by atoms with Crippen molar-refractivity contribution in [1.82, 2.24) is 15.2 Å². The molecule has 5 heteroatoms. The summed E-state index contributed by atoms with van der Waals surface area (Å²) in [5, 5.41) is 7.17. The Bertz CT molecular complexity index is 494. The van der Waals surface area contributed by atoms with Gasteiger partial charge in [0.1, 0.15) is 5.82 Å². The Balaban J connectivity index is 2.38. The summed E-state index contributed by atoms with van der Waals surface area (Å²) in [6.07, 6.45) is 1.99. The van der Waals surface area contributed by atoms with Gasteiger partial charge in [-0.1, -0.05) is 38.8 Å². The monoisotopic (exact) mass is 343 g/mol. The summed E-state index contributed by atoms with van der Waals surface area (Å²) in [4.78, 5) is 4.45. The van der Waals surface area contributed by atoms with Crippen LogP contribution in [0.1, 0.15) is 19.2 Å². The zero-order valence-corrected chi connectivity index (χ0v) is 12.0. The Kier molecular flexibility index (Phi) is 3.76. The van der Waals surface area contributed by atoms with Gasteiger partial charge in [-0.15, -0.1) is 0 Å². The van der Waals surface area contributed by atoms with E-state index in [1.54, 1.807) is 0 Å². The van der Waals surface area contributed by atoms with Gasteiger partial charge in [-0.25, -0.2) is 4.98 Å². The van der Waals surface area contributed by atoms with Crippen molar-refractivity contribution in [2.45, 2.75) is 19.8 Å². The highest BCUT2D eigenvalue weighted by molar-refractivity contribution is 9.11. The van der Waals surface area contributed by atoms with Crippen LogP contribution in [0, 0.1) is 0 Å². The number of hydrogen-bond acceptors (Lipinski definition) is 2. The first-order valence-corrected chi connectivity index (χ1v) is 6.66. The van der Waals surface area contributed by atoms with E-state index in [1.165, 1.54) is 0 Å². The molecule has 16 heavy (non-hydrogen) atoms. The topological polar surface area (TPSA) is 41.6 Å². The highest BCUT2D eigenvalue weighted by Crippen LogP contribution is 2.28. The van der Waals surface area contributed by atoms with Gasteiger partial charge in [0.15, 0.2) is 5.82 Å². The number of nitrogens with one attached hydrogen (secondary N) is 1. The molecule has 0 radical (unpaired) electrons. The van der Waals surface area contributed by atoms with Crippen molar-refractivity contribution in [1.29, 1.82) is 0 Å². The van der Waals surface area contributed by atoms with Crippen molar-refractivity contribution in [3.05, 3.63) is 33.0 Å². The van der Waals surface area contributed by atoms with E-state index in [9.17, 15) is 0 Å². The van der Waals surface area contributed by atoms with Gasteiger partial charge in [-0.2, -0.15) is 5.10 Å². The number of aryl methyl sites for hydroxylation is 1. The van der Waals surface area contributed by atoms with Gasteiger partial charge in [-0.05, 0) is 24.6 Å². The van der Waals surface area contributed by atoms with Crippen molar-refractivity contribution in [3.63, 3.8) is 0 Å². The molecule has 0 saturated carbocycles. The van der Waals surface area contributed by atoms with Crippen LogP contribution in [0.2, 0.25) is 0 Å². The molecule has 84 valence electrons. The Labute approximate surface area is 111 Å². The number of nitrogens with zero attached hydrogens (tertiary/aromatic N) is 2. The third kappa shape index (κ3) is 2.52. The number of H-pyrrole nitrogens is 1. The number of benzene rings is 1. The molecule has 0 amide bonds. The Morgan fingerprint density at radius 1 is 1.31 bits per heavy atom. The van der Waals surface area contributed by atoms with E-state index in [2.05, 4.69) is 54.0 Å². The molecule has 0 spiro atoms. The van der Waals surface area contributed by atoms with E-state index in [-0.39, 0.29) is 0 Å². The predicted molar refractivity (Wildman–Crippen MR) is 71.2 cm³/mol. The lowest BCUT2D eigenvalue weighted by Crippen LogP contribution is -1.86. The van der Waals surface area contributed by atoms with Crippen molar-refractivity contribution in [2.24, 2.45) is 0 Å². The minimum absolute atomic E-state index is 0.733. The second-order valence-electron chi connectivity index (χ2n) is 3.48. The predicted octanol–water partition coefficient (Wildman–Crippen LogP) is 3.95.